The van der Waals surface area contributed by atoms with Crippen LogP contribution in [0, 0.1) is 0 Å². The summed E-state index contributed by atoms with van der Waals surface area (Å²) >= 11 is 4.80. The number of nitrogens with one attached hydrogen (secondary N) is 1. The first kappa shape index (κ1) is 15.5. The molecule has 0 aromatic heterocycles. The van der Waals surface area contributed by atoms with E-state index < -0.39 is 13.0 Å². The summed E-state index contributed by atoms with van der Waals surface area (Å²) < 4.78 is 24.2. The summed E-state index contributed by atoms with van der Waals surface area (Å²) in [7, 11) is 1.46. The molecule has 3 N–H and O–H groups in total. The van der Waals surface area contributed by atoms with Crippen LogP contribution in [0.5, 0.6) is 0 Å². The molecular formula is C12H15F2N3OS. The smallest absolute Gasteiger partial charge is 0.251 e. The first-order valence-electron chi connectivity index (χ1n) is 5.55. The SMILES string of the molecule is CN(CC(=O)Nc1ccc(C(N)=S)cc1)CC(F)F. The van der Waals surface area contributed by atoms with Crippen LogP contribution in [-0.2, 0) is 4.79 Å². The van der Waals surface area contributed by atoms with Gasteiger partial charge in [-0.2, -0.15) is 0 Å². The summed E-state index contributed by atoms with van der Waals surface area (Å²) in [5.41, 5.74) is 6.71. The molecule has 1 aromatic rings. The molecule has 0 heterocycles. The average molecular weight is 287 g/mol. The Balaban J connectivity index is 2.50. The van der Waals surface area contributed by atoms with E-state index in [9.17, 15) is 13.6 Å². The lowest BCUT2D eigenvalue weighted by Crippen LogP contribution is -2.33. The highest BCUT2D eigenvalue weighted by atomic mass is 32.1. The summed E-state index contributed by atoms with van der Waals surface area (Å²) in [6.07, 6.45) is -2.46. The van der Waals surface area contributed by atoms with Gasteiger partial charge in [-0.1, -0.05) is 12.2 Å². The number of alkyl halides is 2. The van der Waals surface area contributed by atoms with Crippen LogP contribution in [0.1, 0.15) is 5.56 Å². The Morgan fingerprint density at radius 1 is 1.42 bits per heavy atom. The summed E-state index contributed by atoms with van der Waals surface area (Å²) in [5, 5.41) is 2.60. The number of anilines is 1. The van der Waals surface area contributed by atoms with Crippen LogP contribution in [0.4, 0.5) is 14.5 Å². The Morgan fingerprint density at radius 3 is 2.47 bits per heavy atom. The van der Waals surface area contributed by atoms with Gasteiger partial charge in [0, 0.05) is 11.3 Å². The van der Waals surface area contributed by atoms with Crippen molar-refractivity contribution >= 4 is 28.8 Å². The molecule has 1 rings (SSSR count). The van der Waals surface area contributed by atoms with Crippen LogP contribution in [0.3, 0.4) is 0 Å². The molecule has 0 saturated carbocycles. The Hall–Kier alpha value is -1.60. The predicted molar refractivity (Wildman–Crippen MR) is 74.5 cm³/mol. The molecule has 1 aromatic carbocycles. The molecule has 0 aliphatic heterocycles. The van der Waals surface area contributed by atoms with Gasteiger partial charge < -0.3 is 11.1 Å². The largest absolute Gasteiger partial charge is 0.389 e. The van der Waals surface area contributed by atoms with Gasteiger partial charge in [0.15, 0.2) is 0 Å². The first-order valence-corrected chi connectivity index (χ1v) is 5.95. The van der Waals surface area contributed by atoms with E-state index in [-0.39, 0.29) is 17.4 Å². The van der Waals surface area contributed by atoms with E-state index in [1.165, 1.54) is 11.9 Å². The Bertz CT molecular complexity index is 451. The fraction of sp³-hybridized carbons (Fsp3) is 0.333. The monoisotopic (exact) mass is 287 g/mol. The number of halogens is 2. The lowest BCUT2D eigenvalue weighted by atomic mass is 10.2. The quantitative estimate of drug-likeness (QED) is 0.778. The number of carbonyl (C=O) groups excluding carboxylic acids is 1. The summed E-state index contributed by atoms with van der Waals surface area (Å²) in [5.74, 6) is -0.355. The van der Waals surface area contributed by atoms with E-state index in [2.05, 4.69) is 5.32 Å². The molecule has 7 heteroatoms. The second-order valence-electron chi connectivity index (χ2n) is 4.08. The van der Waals surface area contributed by atoms with Gasteiger partial charge in [-0.05, 0) is 31.3 Å². The zero-order valence-corrected chi connectivity index (χ0v) is 11.2. The van der Waals surface area contributed by atoms with E-state index in [1.807, 2.05) is 0 Å². The number of thiocarbonyl (C=S) groups is 1. The van der Waals surface area contributed by atoms with Gasteiger partial charge in [0.25, 0.3) is 6.43 Å². The van der Waals surface area contributed by atoms with Crippen LogP contribution in [-0.4, -0.2) is 42.4 Å². The fourth-order valence-corrected chi connectivity index (χ4v) is 1.60. The number of hydrogen-bond acceptors (Lipinski definition) is 3. The number of rotatable bonds is 6. The van der Waals surface area contributed by atoms with Crippen LogP contribution < -0.4 is 11.1 Å². The lowest BCUT2D eigenvalue weighted by molar-refractivity contribution is -0.117. The number of benzene rings is 1. The van der Waals surface area contributed by atoms with Crippen molar-refractivity contribution in [1.82, 2.24) is 4.90 Å². The second-order valence-corrected chi connectivity index (χ2v) is 4.52. The predicted octanol–water partition coefficient (Wildman–Crippen LogP) is 1.46. The first-order chi connectivity index (χ1) is 8.88. The molecular weight excluding hydrogens is 272 g/mol. The van der Waals surface area contributed by atoms with Crippen molar-refractivity contribution in [3.63, 3.8) is 0 Å². The minimum atomic E-state index is -2.46. The molecule has 0 aliphatic rings. The topological polar surface area (TPSA) is 58.4 Å². The molecule has 104 valence electrons. The molecule has 0 unspecified atom stereocenters. The van der Waals surface area contributed by atoms with E-state index in [4.69, 9.17) is 18.0 Å². The highest BCUT2D eigenvalue weighted by molar-refractivity contribution is 7.80. The maximum Gasteiger partial charge on any atom is 0.251 e. The lowest BCUT2D eigenvalue weighted by Gasteiger charge is -2.15. The Labute approximate surface area is 115 Å². The molecule has 0 radical (unpaired) electrons. The number of hydrogen-bond donors (Lipinski definition) is 2. The third-order valence-electron chi connectivity index (χ3n) is 2.32. The third-order valence-corrected chi connectivity index (χ3v) is 2.55. The number of nitrogens with two attached hydrogens (primary N) is 1. The van der Waals surface area contributed by atoms with E-state index in [0.29, 0.717) is 11.3 Å². The van der Waals surface area contributed by atoms with E-state index >= 15 is 0 Å². The second kappa shape index (κ2) is 7.10. The highest BCUT2D eigenvalue weighted by Gasteiger charge is 2.11. The minimum Gasteiger partial charge on any atom is -0.389 e. The van der Waals surface area contributed by atoms with E-state index in [0.717, 1.165) is 0 Å². The van der Waals surface area contributed by atoms with Crippen molar-refractivity contribution < 1.29 is 13.6 Å². The molecule has 0 saturated heterocycles. The zero-order valence-electron chi connectivity index (χ0n) is 10.4. The van der Waals surface area contributed by atoms with Crippen molar-refractivity contribution in [2.24, 2.45) is 5.73 Å². The molecule has 0 fully saturated rings. The Morgan fingerprint density at radius 2 is 2.00 bits per heavy atom. The van der Waals surface area contributed by atoms with Gasteiger partial charge >= 0.3 is 0 Å². The van der Waals surface area contributed by atoms with Gasteiger partial charge in [0.1, 0.15) is 4.99 Å². The molecule has 4 nitrogen and oxygen atoms in total. The van der Waals surface area contributed by atoms with Crippen LogP contribution >= 0.6 is 12.2 Å². The number of nitrogens with zero attached hydrogens (tertiary/aromatic N) is 1. The van der Waals surface area contributed by atoms with Crippen molar-refractivity contribution in [3.05, 3.63) is 29.8 Å². The number of carbonyl (C=O) groups is 1. The highest BCUT2D eigenvalue weighted by Crippen LogP contribution is 2.09. The maximum absolute atomic E-state index is 12.1. The average Bonchev–Trinajstić information content (AvgIpc) is 2.27. The zero-order chi connectivity index (χ0) is 14.4. The van der Waals surface area contributed by atoms with Gasteiger partial charge in [-0.3, -0.25) is 9.69 Å². The molecule has 0 aliphatic carbocycles. The van der Waals surface area contributed by atoms with Gasteiger partial charge in [0.05, 0.1) is 13.1 Å². The maximum atomic E-state index is 12.1. The standard InChI is InChI=1S/C12H15F2N3OS/c1-17(6-10(13)14)7-11(18)16-9-4-2-8(3-5-9)12(15)19/h2-5,10H,6-7H2,1H3,(H2,15,19)(H,16,18). The third kappa shape index (κ3) is 5.71. The van der Waals surface area contributed by atoms with Gasteiger partial charge in [-0.15, -0.1) is 0 Å². The van der Waals surface area contributed by atoms with Crippen molar-refractivity contribution in [2.75, 3.05) is 25.5 Å². The molecule has 1 amide bonds. The molecule has 19 heavy (non-hydrogen) atoms. The molecule has 0 atom stereocenters. The van der Waals surface area contributed by atoms with Crippen molar-refractivity contribution in [1.29, 1.82) is 0 Å². The van der Waals surface area contributed by atoms with Crippen molar-refractivity contribution in [2.45, 2.75) is 6.43 Å². The van der Waals surface area contributed by atoms with Gasteiger partial charge in [0.2, 0.25) is 5.91 Å². The number of likely N-dealkylation sites (N-methyl/N-ethyl adjacent to an activating group) is 1. The fourth-order valence-electron chi connectivity index (χ4n) is 1.46. The normalized spacial score (nSPS) is 10.8. The molecule has 0 spiro atoms. The van der Waals surface area contributed by atoms with E-state index in [1.54, 1.807) is 24.3 Å². The minimum absolute atomic E-state index is 0.0958. The van der Waals surface area contributed by atoms with Gasteiger partial charge in [-0.25, -0.2) is 8.78 Å². The summed E-state index contributed by atoms with van der Waals surface area (Å²) in [6, 6.07) is 6.67. The summed E-state index contributed by atoms with van der Waals surface area (Å²) in [6.45, 7) is -0.533. The van der Waals surface area contributed by atoms with Crippen LogP contribution in [0.25, 0.3) is 0 Å². The summed E-state index contributed by atoms with van der Waals surface area (Å²) in [4.78, 5) is 13.1. The molecule has 0 bridgehead atoms. The van der Waals surface area contributed by atoms with Crippen LogP contribution in [0.2, 0.25) is 0 Å². The van der Waals surface area contributed by atoms with Crippen molar-refractivity contribution in [3.8, 4) is 0 Å². The van der Waals surface area contributed by atoms with Crippen LogP contribution in [0.15, 0.2) is 24.3 Å². The number of amides is 1. The Kier molecular flexibility index (Phi) is 5.78.